The quantitative estimate of drug-likeness (QED) is 0.778. The molecule has 0 spiro atoms. The van der Waals surface area contributed by atoms with E-state index in [1.54, 1.807) is 19.1 Å². The zero-order valence-corrected chi connectivity index (χ0v) is 9.92. The van der Waals surface area contributed by atoms with Crippen molar-refractivity contribution >= 4 is 17.4 Å². The maximum atomic E-state index is 13.5. The first-order valence-corrected chi connectivity index (χ1v) is 5.47. The fourth-order valence-electron chi connectivity index (χ4n) is 1.55. The molecule has 1 aromatic carbocycles. The maximum absolute atomic E-state index is 13.5. The molecule has 0 amide bonds. The number of Topliss-reactive ketones (excluding diaryl/α,β-unsaturated/α-hetero) is 1. The fourth-order valence-corrected chi connectivity index (χ4v) is 1.78. The van der Waals surface area contributed by atoms with Crippen molar-refractivity contribution in [2.45, 2.75) is 13.3 Å². The lowest BCUT2D eigenvalue weighted by Crippen LogP contribution is -2.04. The SMILES string of the molecule is Cc1cc(C(=O)Cc2c(F)cccc2Cl)co1. The molecule has 0 aliphatic carbocycles. The van der Waals surface area contributed by atoms with Gasteiger partial charge in [-0.25, -0.2) is 4.39 Å². The van der Waals surface area contributed by atoms with Crippen LogP contribution in [-0.2, 0) is 6.42 Å². The first-order chi connectivity index (χ1) is 8.08. The van der Waals surface area contributed by atoms with E-state index in [0.717, 1.165) is 0 Å². The number of hydrogen-bond acceptors (Lipinski definition) is 2. The summed E-state index contributed by atoms with van der Waals surface area (Å²) in [5.74, 6) is -0.0344. The minimum Gasteiger partial charge on any atom is -0.469 e. The summed E-state index contributed by atoms with van der Waals surface area (Å²) in [5, 5.41) is 0.263. The van der Waals surface area contributed by atoms with Crippen LogP contribution in [0.1, 0.15) is 21.7 Å². The third kappa shape index (κ3) is 2.56. The second kappa shape index (κ2) is 4.72. The van der Waals surface area contributed by atoms with E-state index in [1.165, 1.54) is 18.4 Å². The molecule has 0 fully saturated rings. The molecule has 1 aromatic heterocycles. The Labute approximate surface area is 103 Å². The zero-order chi connectivity index (χ0) is 12.4. The highest BCUT2D eigenvalue weighted by Gasteiger charge is 2.14. The first-order valence-electron chi connectivity index (χ1n) is 5.09. The van der Waals surface area contributed by atoms with Crippen molar-refractivity contribution < 1.29 is 13.6 Å². The summed E-state index contributed by atoms with van der Waals surface area (Å²) < 4.78 is 18.5. The van der Waals surface area contributed by atoms with Crippen LogP contribution in [0.4, 0.5) is 4.39 Å². The monoisotopic (exact) mass is 252 g/mol. The van der Waals surface area contributed by atoms with Crippen molar-refractivity contribution in [3.8, 4) is 0 Å². The molecule has 88 valence electrons. The van der Waals surface area contributed by atoms with E-state index < -0.39 is 5.82 Å². The summed E-state index contributed by atoms with van der Waals surface area (Å²) >= 11 is 5.85. The molecule has 0 aliphatic heterocycles. The Morgan fingerprint density at radius 3 is 2.82 bits per heavy atom. The molecule has 0 atom stereocenters. The number of hydrogen-bond donors (Lipinski definition) is 0. The van der Waals surface area contributed by atoms with Gasteiger partial charge in [-0.2, -0.15) is 0 Å². The van der Waals surface area contributed by atoms with E-state index in [9.17, 15) is 9.18 Å². The minimum absolute atomic E-state index is 0.0650. The molecule has 0 bridgehead atoms. The number of halogens is 2. The van der Waals surface area contributed by atoms with E-state index in [2.05, 4.69) is 0 Å². The van der Waals surface area contributed by atoms with Crippen molar-refractivity contribution in [1.82, 2.24) is 0 Å². The number of rotatable bonds is 3. The van der Waals surface area contributed by atoms with Crippen LogP contribution in [0.2, 0.25) is 5.02 Å². The predicted octanol–water partition coefficient (Wildman–Crippen LogP) is 3.81. The summed E-state index contributed by atoms with van der Waals surface area (Å²) in [6.07, 6.45) is 1.30. The number of carbonyl (C=O) groups excluding carboxylic acids is 1. The molecule has 0 N–H and O–H groups in total. The first kappa shape index (κ1) is 11.9. The Morgan fingerprint density at radius 2 is 2.24 bits per heavy atom. The van der Waals surface area contributed by atoms with Gasteiger partial charge in [0.15, 0.2) is 5.78 Å². The summed E-state index contributed by atoms with van der Waals surface area (Å²) in [5.41, 5.74) is 0.653. The van der Waals surface area contributed by atoms with Crippen LogP contribution >= 0.6 is 11.6 Å². The van der Waals surface area contributed by atoms with Crippen LogP contribution in [0, 0.1) is 12.7 Å². The Bertz CT molecular complexity index is 540. The van der Waals surface area contributed by atoms with Gasteiger partial charge in [-0.15, -0.1) is 0 Å². The van der Waals surface area contributed by atoms with Crippen LogP contribution in [-0.4, -0.2) is 5.78 Å². The maximum Gasteiger partial charge on any atom is 0.170 e. The summed E-state index contributed by atoms with van der Waals surface area (Å²) in [6.45, 7) is 1.74. The summed E-state index contributed by atoms with van der Waals surface area (Å²) in [6, 6.07) is 5.98. The Balaban J connectivity index is 2.24. The topological polar surface area (TPSA) is 30.2 Å². The van der Waals surface area contributed by atoms with E-state index in [0.29, 0.717) is 11.3 Å². The number of ketones is 1. The lowest BCUT2D eigenvalue weighted by molar-refractivity contribution is 0.0991. The van der Waals surface area contributed by atoms with Gasteiger partial charge in [0.1, 0.15) is 17.8 Å². The lowest BCUT2D eigenvalue weighted by atomic mass is 10.0. The largest absolute Gasteiger partial charge is 0.469 e. The second-order valence-electron chi connectivity index (χ2n) is 3.75. The van der Waals surface area contributed by atoms with Gasteiger partial charge in [0, 0.05) is 17.0 Å². The summed E-state index contributed by atoms with van der Waals surface area (Å²) in [4.78, 5) is 11.8. The van der Waals surface area contributed by atoms with Crippen molar-refractivity contribution in [3.63, 3.8) is 0 Å². The van der Waals surface area contributed by atoms with E-state index in [-0.39, 0.29) is 22.8 Å². The molecule has 4 heteroatoms. The molecule has 17 heavy (non-hydrogen) atoms. The number of furan rings is 1. The van der Waals surface area contributed by atoms with Gasteiger partial charge in [-0.05, 0) is 25.1 Å². The minimum atomic E-state index is -0.467. The average Bonchev–Trinajstić information content (AvgIpc) is 2.70. The molecule has 2 aromatic rings. The number of aryl methyl sites for hydroxylation is 1. The third-order valence-electron chi connectivity index (χ3n) is 2.45. The van der Waals surface area contributed by atoms with Crippen LogP contribution < -0.4 is 0 Å². The molecule has 0 aliphatic rings. The molecule has 2 rings (SSSR count). The standard InChI is InChI=1S/C13H10ClFO2/c1-8-5-9(7-17-8)13(16)6-10-11(14)3-2-4-12(10)15/h2-5,7H,6H2,1H3. The highest BCUT2D eigenvalue weighted by Crippen LogP contribution is 2.21. The Kier molecular flexibility index (Phi) is 3.29. The van der Waals surface area contributed by atoms with E-state index in [1.807, 2.05) is 0 Å². The average molecular weight is 253 g/mol. The molecule has 1 heterocycles. The van der Waals surface area contributed by atoms with Gasteiger partial charge in [0.2, 0.25) is 0 Å². The molecule has 0 radical (unpaired) electrons. The van der Waals surface area contributed by atoms with Gasteiger partial charge in [0.05, 0.1) is 5.56 Å². The van der Waals surface area contributed by atoms with Crippen LogP contribution in [0.5, 0.6) is 0 Å². The molecular weight excluding hydrogens is 243 g/mol. The predicted molar refractivity (Wildman–Crippen MR) is 62.9 cm³/mol. The van der Waals surface area contributed by atoms with Gasteiger partial charge in [-0.1, -0.05) is 17.7 Å². The van der Waals surface area contributed by atoms with Gasteiger partial charge in [-0.3, -0.25) is 4.79 Å². The third-order valence-corrected chi connectivity index (χ3v) is 2.81. The van der Waals surface area contributed by atoms with Crippen molar-refractivity contribution in [3.05, 3.63) is 58.3 Å². The van der Waals surface area contributed by atoms with Crippen molar-refractivity contribution in [2.24, 2.45) is 0 Å². The van der Waals surface area contributed by atoms with Crippen LogP contribution in [0.25, 0.3) is 0 Å². The van der Waals surface area contributed by atoms with Crippen LogP contribution in [0.3, 0.4) is 0 Å². The van der Waals surface area contributed by atoms with Crippen LogP contribution in [0.15, 0.2) is 34.9 Å². The van der Waals surface area contributed by atoms with Gasteiger partial charge in [0.25, 0.3) is 0 Å². The highest BCUT2D eigenvalue weighted by molar-refractivity contribution is 6.31. The van der Waals surface area contributed by atoms with Gasteiger partial charge >= 0.3 is 0 Å². The number of carbonyl (C=O) groups is 1. The van der Waals surface area contributed by atoms with Gasteiger partial charge < -0.3 is 4.42 Å². The summed E-state index contributed by atoms with van der Waals surface area (Å²) in [7, 11) is 0. The van der Waals surface area contributed by atoms with E-state index >= 15 is 0 Å². The fraction of sp³-hybridized carbons (Fsp3) is 0.154. The van der Waals surface area contributed by atoms with Crippen molar-refractivity contribution in [2.75, 3.05) is 0 Å². The molecule has 0 unspecified atom stereocenters. The molecule has 2 nitrogen and oxygen atoms in total. The normalized spacial score (nSPS) is 10.5. The zero-order valence-electron chi connectivity index (χ0n) is 9.17. The lowest BCUT2D eigenvalue weighted by Gasteiger charge is -2.03. The molecule has 0 saturated carbocycles. The van der Waals surface area contributed by atoms with Crippen molar-refractivity contribution in [1.29, 1.82) is 0 Å². The molecular formula is C13H10ClFO2. The highest BCUT2D eigenvalue weighted by atomic mass is 35.5. The smallest absolute Gasteiger partial charge is 0.170 e. The molecule has 0 saturated heterocycles. The Hall–Kier alpha value is -1.61. The Morgan fingerprint density at radius 1 is 1.47 bits per heavy atom. The van der Waals surface area contributed by atoms with E-state index in [4.69, 9.17) is 16.0 Å². The number of benzene rings is 1. The second-order valence-corrected chi connectivity index (χ2v) is 4.15.